The average Bonchev–Trinajstić information content (AvgIpc) is 2.46. The molecule has 2 aliphatic heterocycles. The summed E-state index contributed by atoms with van der Waals surface area (Å²) >= 11 is 0. The zero-order valence-electron chi connectivity index (χ0n) is 15.9. The van der Waals surface area contributed by atoms with Gasteiger partial charge in [0.2, 0.25) is 0 Å². The van der Waals surface area contributed by atoms with Crippen molar-refractivity contribution in [2.75, 3.05) is 27.2 Å². The van der Waals surface area contributed by atoms with E-state index in [1.165, 1.54) is 48.2 Å². The molecule has 0 aliphatic carbocycles. The van der Waals surface area contributed by atoms with E-state index in [1.54, 1.807) is 5.57 Å². The van der Waals surface area contributed by atoms with Crippen molar-refractivity contribution in [2.45, 2.75) is 59.4 Å². The highest BCUT2D eigenvalue weighted by molar-refractivity contribution is 5.49. The molecule has 0 aromatic carbocycles. The highest BCUT2D eigenvalue weighted by Gasteiger charge is 2.29. The maximum atomic E-state index is 3.80. The first-order valence-corrected chi connectivity index (χ1v) is 9.23. The van der Waals surface area contributed by atoms with Crippen molar-refractivity contribution < 1.29 is 0 Å². The number of rotatable bonds is 6. The van der Waals surface area contributed by atoms with Gasteiger partial charge in [-0.1, -0.05) is 25.8 Å². The van der Waals surface area contributed by atoms with Crippen molar-refractivity contribution in [2.24, 2.45) is 5.92 Å². The van der Waals surface area contributed by atoms with E-state index in [4.69, 9.17) is 0 Å². The first-order chi connectivity index (χ1) is 10.9. The number of likely N-dealkylation sites (N-methyl/N-ethyl adjacent to an activating group) is 1. The molecule has 3 nitrogen and oxygen atoms in total. The predicted molar refractivity (Wildman–Crippen MR) is 100 cm³/mol. The van der Waals surface area contributed by atoms with Crippen LogP contribution in [0.4, 0.5) is 0 Å². The van der Waals surface area contributed by atoms with Gasteiger partial charge in [-0.15, -0.1) is 0 Å². The molecule has 2 atom stereocenters. The van der Waals surface area contributed by atoms with Crippen molar-refractivity contribution in [1.82, 2.24) is 15.5 Å². The highest BCUT2D eigenvalue weighted by Crippen LogP contribution is 2.35. The molecule has 0 saturated carbocycles. The zero-order chi connectivity index (χ0) is 17.0. The van der Waals surface area contributed by atoms with Crippen LogP contribution in [0.5, 0.6) is 0 Å². The first-order valence-electron chi connectivity index (χ1n) is 9.23. The summed E-state index contributed by atoms with van der Waals surface area (Å²) in [4.78, 5) is 2.23. The zero-order valence-corrected chi connectivity index (χ0v) is 15.9. The fourth-order valence-electron chi connectivity index (χ4n) is 3.96. The Bertz CT molecular complexity index is 511. The van der Waals surface area contributed by atoms with Gasteiger partial charge in [-0.05, 0) is 64.8 Å². The minimum atomic E-state index is 0.439. The van der Waals surface area contributed by atoms with Gasteiger partial charge in [0.25, 0.3) is 0 Å². The smallest absolute Gasteiger partial charge is 0.0468 e. The monoisotopic (exact) mass is 317 g/mol. The van der Waals surface area contributed by atoms with Crippen molar-refractivity contribution in [3.63, 3.8) is 0 Å². The van der Waals surface area contributed by atoms with Gasteiger partial charge in [-0.25, -0.2) is 0 Å². The van der Waals surface area contributed by atoms with Crippen molar-refractivity contribution in [3.8, 4) is 0 Å². The van der Waals surface area contributed by atoms with Crippen LogP contribution in [0.3, 0.4) is 0 Å². The van der Waals surface area contributed by atoms with E-state index >= 15 is 0 Å². The lowest BCUT2D eigenvalue weighted by Crippen LogP contribution is -2.40. The Morgan fingerprint density at radius 2 is 2.13 bits per heavy atom. The maximum Gasteiger partial charge on any atom is 0.0468 e. The molecular weight excluding hydrogens is 282 g/mol. The molecule has 2 heterocycles. The molecule has 3 heteroatoms. The summed E-state index contributed by atoms with van der Waals surface area (Å²) < 4.78 is 0. The SMILES string of the molecule is CCCC(C)C1=C(/C=C(\C)CN(C)C)NC(C)C2=C1NCCC2. The van der Waals surface area contributed by atoms with E-state index in [-0.39, 0.29) is 0 Å². The molecule has 0 aromatic rings. The Kier molecular flexibility index (Phi) is 6.34. The van der Waals surface area contributed by atoms with Gasteiger partial charge in [0, 0.05) is 36.1 Å². The van der Waals surface area contributed by atoms with Crippen molar-refractivity contribution >= 4 is 0 Å². The lowest BCUT2D eigenvalue weighted by Gasteiger charge is -2.37. The van der Waals surface area contributed by atoms with Crippen LogP contribution < -0.4 is 10.6 Å². The molecule has 2 rings (SSSR count). The van der Waals surface area contributed by atoms with Gasteiger partial charge >= 0.3 is 0 Å². The Hall–Kier alpha value is -1.22. The summed E-state index contributed by atoms with van der Waals surface area (Å²) in [5, 5.41) is 7.52. The minimum Gasteiger partial charge on any atom is -0.385 e. The molecule has 0 radical (unpaired) electrons. The van der Waals surface area contributed by atoms with Gasteiger partial charge in [-0.3, -0.25) is 0 Å². The quantitative estimate of drug-likeness (QED) is 0.780. The average molecular weight is 318 g/mol. The van der Waals surface area contributed by atoms with E-state index in [2.05, 4.69) is 63.4 Å². The molecule has 0 aromatic heterocycles. The number of hydrogen-bond acceptors (Lipinski definition) is 3. The third kappa shape index (κ3) is 4.41. The topological polar surface area (TPSA) is 27.3 Å². The predicted octanol–water partition coefficient (Wildman–Crippen LogP) is 3.81. The van der Waals surface area contributed by atoms with E-state index in [0.717, 1.165) is 13.1 Å². The second kappa shape index (κ2) is 8.05. The number of nitrogens with one attached hydrogen (secondary N) is 2. The molecular formula is C20H35N3. The van der Waals surface area contributed by atoms with Gasteiger partial charge in [0.1, 0.15) is 0 Å². The van der Waals surface area contributed by atoms with Crippen LogP contribution in [0.25, 0.3) is 0 Å². The molecule has 130 valence electrons. The summed E-state index contributed by atoms with van der Waals surface area (Å²) in [6.07, 6.45) is 7.33. The van der Waals surface area contributed by atoms with Crippen LogP contribution in [0.15, 0.2) is 34.2 Å². The van der Waals surface area contributed by atoms with Gasteiger partial charge < -0.3 is 15.5 Å². The largest absolute Gasteiger partial charge is 0.385 e. The second-order valence-electron chi connectivity index (χ2n) is 7.54. The van der Waals surface area contributed by atoms with Crippen LogP contribution in [-0.2, 0) is 0 Å². The molecule has 2 unspecified atom stereocenters. The summed E-state index contributed by atoms with van der Waals surface area (Å²) in [5.41, 5.74) is 7.29. The van der Waals surface area contributed by atoms with Crippen LogP contribution in [0.1, 0.15) is 53.4 Å². The van der Waals surface area contributed by atoms with Crippen LogP contribution in [0.2, 0.25) is 0 Å². The Morgan fingerprint density at radius 3 is 2.78 bits per heavy atom. The summed E-state index contributed by atoms with van der Waals surface area (Å²) in [6, 6.07) is 0.439. The minimum absolute atomic E-state index is 0.439. The van der Waals surface area contributed by atoms with Crippen LogP contribution in [-0.4, -0.2) is 38.1 Å². The molecule has 0 fully saturated rings. The molecule has 0 saturated heterocycles. The van der Waals surface area contributed by atoms with Gasteiger partial charge in [0.05, 0.1) is 0 Å². The number of dihydropyridines is 1. The molecule has 0 spiro atoms. The molecule has 23 heavy (non-hydrogen) atoms. The lowest BCUT2D eigenvalue weighted by molar-refractivity contribution is 0.444. The van der Waals surface area contributed by atoms with Crippen molar-refractivity contribution in [1.29, 1.82) is 0 Å². The standard InChI is InChI=1S/C20H35N3/c1-7-9-15(3)19-18(12-14(2)13-23(5)6)22-16(4)17-10-8-11-21-20(17)19/h12,15-16,21-22H,7-11,13H2,1-6H3/b14-12+. The third-order valence-corrected chi connectivity index (χ3v) is 4.87. The first kappa shape index (κ1) is 18.1. The number of allylic oxidation sites excluding steroid dienone is 2. The normalized spacial score (nSPS) is 23.6. The van der Waals surface area contributed by atoms with E-state index < -0.39 is 0 Å². The van der Waals surface area contributed by atoms with E-state index in [1.807, 2.05) is 0 Å². The van der Waals surface area contributed by atoms with Gasteiger partial charge in [0.15, 0.2) is 0 Å². The molecule has 0 bridgehead atoms. The molecule has 2 N–H and O–H groups in total. The summed E-state index contributed by atoms with van der Waals surface area (Å²) in [6.45, 7) is 11.3. The molecule has 0 amide bonds. The number of hydrogen-bond donors (Lipinski definition) is 2. The van der Waals surface area contributed by atoms with Crippen molar-refractivity contribution in [3.05, 3.63) is 34.2 Å². The van der Waals surface area contributed by atoms with Crippen LogP contribution >= 0.6 is 0 Å². The third-order valence-electron chi connectivity index (χ3n) is 4.87. The Balaban J connectivity index is 2.44. The lowest BCUT2D eigenvalue weighted by atomic mass is 9.82. The highest BCUT2D eigenvalue weighted by atomic mass is 15.0. The molecule has 2 aliphatic rings. The van der Waals surface area contributed by atoms with E-state index in [0.29, 0.717) is 12.0 Å². The number of nitrogens with zero attached hydrogens (tertiary/aromatic N) is 1. The second-order valence-corrected chi connectivity index (χ2v) is 7.54. The van der Waals surface area contributed by atoms with Crippen LogP contribution in [0, 0.1) is 5.92 Å². The fraction of sp³-hybridized carbons (Fsp3) is 0.700. The van der Waals surface area contributed by atoms with E-state index in [9.17, 15) is 0 Å². The Labute approximate surface area is 142 Å². The Morgan fingerprint density at radius 1 is 1.39 bits per heavy atom. The summed E-state index contributed by atoms with van der Waals surface area (Å²) in [7, 11) is 4.26. The fourth-order valence-corrected chi connectivity index (χ4v) is 3.96. The maximum absolute atomic E-state index is 3.80. The van der Waals surface area contributed by atoms with Gasteiger partial charge in [-0.2, -0.15) is 0 Å². The summed E-state index contributed by atoms with van der Waals surface area (Å²) in [5.74, 6) is 0.592.